The summed E-state index contributed by atoms with van der Waals surface area (Å²) in [4.78, 5) is 13.6. The molecule has 0 aromatic heterocycles. The zero-order chi connectivity index (χ0) is 18.0. The monoisotopic (exact) mass is 365 g/mol. The van der Waals surface area contributed by atoms with Gasteiger partial charge < -0.3 is 10.7 Å². The van der Waals surface area contributed by atoms with Crippen LogP contribution >= 0.6 is 7.14 Å². The lowest BCUT2D eigenvalue weighted by Gasteiger charge is -2.20. The molecule has 0 unspecified atom stereocenters. The van der Waals surface area contributed by atoms with Crippen LogP contribution in [0.15, 0.2) is 72.8 Å². The molecule has 3 rings (SSSR count). The number of aryl methyl sites for hydroxylation is 3. The average molecular weight is 365 g/mol. The molecule has 0 aliphatic heterocycles. The minimum atomic E-state index is -3.44. The summed E-state index contributed by atoms with van der Waals surface area (Å²) < 4.78 is 14.2. The number of carbonyl (C=O) groups is 1. The molecule has 0 saturated heterocycles. The second kappa shape index (κ2) is 7.82. The van der Waals surface area contributed by atoms with Gasteiger partial charge in [-0.25, -0.2) is 0 Å². The molecule has 3 N–H and O–H groups in total. The summed E-state index contributed by atoms with van der Waals surface area (Å²) in [5.74, 6) is 0. The van der Waals surface area contributed by atoms with Crippen LogP contribution in [0, 0.1) is 20.8 Å². The maximum absolute atomic E-state index is 14.2. The highest BCUT2D eigenvalue weighted by Crippen LogP contribution is 2.47. The second-order valence-corrected chi connectivity index (χ2v) is 9.02. The van der Waals surface area contributed by atoms with E-state index in [9.17, 15) is 9.36 Å². The standard InChI is InChI=1S/C22H21O2P.H3N/c1-16-14-17(2)21(18(3)15-16)22(23)25(24,19-10-6-4-7-11-19)20-12-8-5-9-13-20;/h4-15H,1-3H3;1H3. The number of carbonyl (C=O) groups excluding carboxylic acids is 1. The van der Waals surface area contributed by atoms with Gasteiger partial charge in [-0.05, 0) is 31.9 Å². The van der Waals surface area contributed by atoms with Gasteiger partial charge in [-0.15, -0.1) is 0 Å². The molecule has 0 aliphatic carbocycles. The highest BCUT2D eigenvalue weighted by molar-refractivity contribution is 7.93. The third-order valence-corrected chi connectivity index (χ3v) is 7.26. The lowest BCUT2D eigenvalue weighted by molar-refractivity contribution is 0.107. The van der Waals surface area contributed by atoms with Crippen LogP contribution < -0.4 is 16.8 Å². The topological polar surface area (TPSA) is 69.1 Å². The van der Waals surface area contributed by atoms with Crippen molar-refractivity contribution >= 4 is 23.3 Å². The third-order valence-electron chi connectivity index (χ3n) is 4.42. The second-order valence-electron chi connectivity index (χ2n) is 6.36. The molecule has 26 heavy (non-hydrogen) atoms. The molecule has 0 atom stereocenters. The van der Waals surface area contributed by atoms with Crippen LogP contribution in [-0.2, 0) is 4.57 Å². The fourth-order valence-electron chi connectivity index (χ4n) is 3.33. The maximum Gasteiger partial charge on any atom is 0.230 e. The Kier molecular flexibility index (Phi) is 5.97. The molecule has 0 radical (unpaired) electrons. The van der Waals surface area contributed by atoms with Gasteiger partial charge in [0.15, 0.2) is 0 Å². The van der Waals surface area contributed by atoms with E-state index in [1.165, 1.54) is 0 Å². The van der Waals surface area contributed by atoms with Crippen LogP contribution in [0.1, 0.15) is 27.0 Å². The van der Waals surface area contributed by atoms with Gasteiger partial charge in [0.05, 0.1) is 0 Å². The fourth-order valence-corrected chi connectivity index (χ4v) is 5.95. The summed E-state index contributed by atoms with van der Waals surface area (Å²) in [7, 11) is -3.44. The van der Waals surface area contributed by atoms with Gasteiger partial charge in [-0.1, -0.05) is 78.4 Å². The Morgan fingerprint density at radius 1 is 0.731 bits per heavy atom. The van der Waals surface area contributed by atoms with Crippen molar-refractivity contribution in [2.45, 2.75) is 20.8 Å². The summed E-state index contributed by atoms with van der Waals surface area (Å²) in [6, 6.07) is 22.1. The molecule has 3 aromatic rings. The molecule has 4 heteroatoms. The van der Waals surface area contributed by atoms with Crippen molar-refractivity contribution in [2.24, 2.45) is 0 Å². The fraction of sp³-hybridized carbons (Fsp3) is 0.136. The minimum absolute atomic E-state index is 0. The SMILES string of the molecule is Cc1cc(C)c(C(=O)P(=O)(c2ccccc2)c2ccccc2)c(C)c1.N. The van der Waals surface area contributed by atoms with Gasteiger partial charge in [0.2, 0.25) is 12.7 Å². The van der Waals surface area contributed by atoms with Crippen LogP contribution in [0.25, 0.3) is 0 Å². The van der Waals surface area contributed by atoms with E-state index >= 15 is 0 Å². The number of hydrogen-bond donors (Lipinski definition) is 1. The predicted molar refractivity (Wildman–Crippen MR) is 110 cm³/mol. The first-order chi connectivity index (χ1) is 11.9. The number of hydrogen-bond acceptors (Lipinski definition) is 3. The largest absolute Gasteiger partial charge is 0.344 e. The van der Waals surface area contributed by atoms with Crippen LogP contribution in [0.4, 0.5) is 0 Å². The predicted octanol–water partition coefficient (Wildman–Crippen LogP) is 4.93. The van der Waals surface area contributed by atoms with E-state index in [1.54, 1.807) is 24.3 Å². The Balaban J connectivity index is 0.00000243. The van der Waals surface area contributed by atoms with Gasteiger partial charge >= 0.3 is 0 Å². The van der Waals surface area contributed by atoms with Crippen molar-refractivity contribution in [3.05, 3.63) is 95.1 Å². The molecular formula is C22H24NO2P. The van der Waals surface area contributed by atoms with Crippen molar-refractivity contribution < 1.29 is 9.36 Å². The Bertz CT molecular complexity index is 899. The Hall–Kier alpha value is -2.48. The lowest BCUT2D eigenvalue weighted by atomic mass is 10.0. The molecule has 0 saturated carbocycles. The lowest BCUT2D eigenvalue weighted by Crippen LogP contribution is -2.23. The highest BCUT2D eigenvalue weighted by Gasteiger charge is 2.37. The molecule has 0 spiro atoms. The van der Waals surface area contributed by atoms with Gasteiger partial charge in [0.25, 0.3) is 0 Å². The van der Waals surface area contributed by atoms with Crippen LogP contribution in [-0.4, -0.2) is 5.52 Å². The first-order valence-electron chi connectivity index (χ1n) is 8.28. The number of benzene rings is 3. The third kappa shape index (κ3) is 3.41. The number of rotatable bonds is 4. The molecule has 3 aromatic carbocycles. The molecule has 0 heterocycles. The summed E-state index contributed by atoms with van der Waals surface area (Å²) in [6.07, 6.45) is 0. The van der Waals surface area contributed by atoms with Crippen molar-refractivity contribution in [1.29, 1.82) is 0 Å². The minimum Gasteiger partial charge on any atom is -0.344 e. The summed E-state index contributed by atoms with van der Waals surface area (Å²) in [5, 5.41) is 1.15. The van der Waals surface area contributed by atoms with Gasteiger partial charge in [0.1, 0.15) is 0 Å². The van der Waals surface area contributed by atoms with Gasteiger partial charge in [-0.3, -0.25) is 4.79 Å². The summed E-state index contributed by atoms with van der Waals surface area (Å²) in [6.45, 7) is 5.82. The quantitative estimate of drug-likeness (QED) is 0.667. The highest BCUT2D eigenvalue weighted by atomic mass is 31.2. The van der Waals surface area contributed by atoms with Crippen molar-refractivity contribution in [2.75, 3.05) is 0 Å². The smallest absolute Gasteiger partial charge is 0.230 e. The van der Waals surface area contributed by atoms with E-state index in [0.29, 0.717) is 16.2 Å². The normalized spacial score (nSPS) is 10.9. The summed E-state index contributed by atoms with van der Waals surface area (Å²) >= 11 is 0. The molecule has 0 fully saturated rings. The van der Waals surface area contributed by atoms with E-state index in [4.69, 9.17) is 0 Å². The first kappa shape index (κ1) is 19.8. The molecule has 3 nitrogen and oxygen atoms in total. The Labute approximate surface area is 155 Å². The zero-order valence-electron chi connectivity index (χ0n) is 15.4. The van der Waals surface area contributed by atoms with E-state index in [0.717, 1.165) is 16.7 Å². The van der Waals surface area contributed by atoms with Crippen molar-refractivity contribution in [1.82, 2.24) is 6.15 Å². The van der Waals surface area contributed by atoms with E-state index in [2.05, 4.69) is 0 Å². The van der Waals surface area contributed by atoms with Gasteiger partial charge in [0, 0.05) is 16.2 Å². The molecule has 0 amide bonds. The van der Waals surface area contributed by atoms with Crippen molar-refractivity contribution in [3.63, 3.8) is 0 Å². The van der Waals surface area contributed by atoms with Crippen LogP contribution in [0.2, 0.25) is 0 Å². The maximum atomic E-state index is 14.2. The Morgan fingerprint density at radius 3 is 1.50 bits per heavy atom. The molecule has 0 bridgehead atoms. The van der Waals surface area contributed by atoms with Crippen molar-refractivity contribution in [3.8, 4) is 0 Å². The molecular weight excluding hydrogens is 341 g/mol. The van der Waals surface area contributed by atoms with E-state index in [-0.39, 0.29) is 11.7 Å². The molecule has 0 aliphatic rings. The molecule has 134 valence electrons. The van der Waals surface area contributed by atoms with Gasteiger partial charge in [-0.2, -0.15) is 0 Å². The zero-order valence-corrected chi connectivity index (χ0v) is 16.3. The first-order valence-corrected chi connectivity index (χ1v) is 9.99. The van der Waals surface area contributed by atoms with Crippen LogP contribution in [0.5, 0.6) is 0 Å². The summed E-state index contributed by atoms with van der Waals surface area (Å²) in [5.41, 5.74) is 3.12. The van der Waals surface area contributed by atoms with Crippen LogP contribution in [0.3, 0.4) is 0 Å². The van der Waals surface area contributed by atoms with E-state index < -0.39 is 7.14 Å². The average Bonchev–Trinajstić information content (AvgIpc) is 2.61. The van der Waals surface area contributed by atoms with E-state index in [1.807, 2.05) is 69.3 Å². The Morgan fingerprint density at radius 2 is 1.12 bits per heavy atom.